The Morgan fingerprint density at radius 2 is 1.96 bits per heavy atom. The summed E-state index contributed by atoms with van der Waals surface area (Å²) in [7, 11) is 0. The summed E-state index contributed by atoms with van der Waals surface area (Å²) >= 11 is 0. The number of aromatic amines is 1. The van der Waals surface area contributed by atoms with Crippen LogP contribution in [-0.2, 0) is 0 Å². The number of anilines is 2. The standard InChI is InChI=1S/C21H21N5O2/c27-15-5-7-16(8-6-15)28-19-3-1-2-13-11-22-21(26-20(13)19)25-14-4-9-17-18(10-14)24-12-23-17/h1-4,9-12,15-16,27H,5-8H2,(H,23,24)(H,22,25,26)/t15-,16+. The number of hydrogen-bond acceptors (Lipinski definition) is 6. The summed E-state index contributed by atoms with van der Waals surface area (Å²) in [5.41, 5.74) is 3.54. The van der Waals surface area contributed by atoms with Crippen molar-refractivity contribution in [2.24, 2.45) is 0 Å². The molecule has 2 heterocycles. The Morgan fingerprint density at radius 1 is 1.07 bits per heavy atom. The second-order valence-electron chi connectivity index (χ2n) is 7.20. The smallest absolute Gasteiger partial charge is 0.227 e. The summed E-state index contributed by atoms with van der Waals surface area (Å²) in [6, 6.07) is 11.8. The molecule has 142 valence electrons. The topological polar surface area (TPSA) is 96.0 Å². The maximum Gasteiger partial charge on any atom is 0.227 e. The number of H-pyrrole nitrogens is 1. The number of aliphatic hydroxyl groups is 1. The zero-order valence-corrected chi connectivity index (χ0v) is 15.3. The molecule has 2 aromatic carbocycles. The Balaban J connectivity index is 1.42. The van der Waals surface area contributed by atoms with E-state index in [9.17, 15) is 5.11 Å². The quantitative estimate of drug-likeness (QED) is 0.500. The minimum Gasteiger partial charge on any atom is -0.488 e. The molecule has 4 aromatic rings. The van der Waals surface area contributed by atoms with Crippen LogP contribution in [0.2, 0.25) is 0 Å². The second kappa shape index (κ2) is 7.09. The van der Waals surface area contributed by atoms with Crippen molar-refractivity contribution in [2.75, 3.05) is 5.32 Å². The van der Waals surface area contributed by atoms with Gasteiger partial charge in [-0.15, -0.1) is 0 Å². The number of hydrogen-bond donors (Lipinski definition) is 3. The van der Waals surface area contributed by atoms with E-state index in [1.54, 1.807) is 12.5 Å². The number of rotatable bonds is 4. The Hall–Kier alpha value is -3.19. The predicted molar refractivity (Wildman–Crippen MR) is 108 cm³/mol. The van der Waals surface area contributed by atoms with E-state index in [1.807, 2.05) is 36.4 Å². The van der Waals surface area contributed by atoms with Gasteiger partial charge in [-0.25, -0.2) is 15.0 Å². The minimum absolute atomic E-state index is 0.114. The number of fused-ring (bicyclic) bond motifs is 2. The molecular weight excluding hydrogens is 354 g/mol. The molecule has 0 saturated heterocycles. The third kappa shape index (κ3) is 3.36. The molecule has 0 radical (unpaired) electrons. The zero-order valence-electron chi connectivity index (χ0n) is 15.3. The van der Waals surface area contributed by atoms with Gasteiger partial charge in [0.25, 0.3) is 0 Å². The highest BCUT2D eigenvalue weighted by Gasteiger charge is 2.21. The zero-order chi connectivity index (χ0) is 18.9. The molecule has 0 atom stereocenters. The fourth-order valence-corrected chi connectivity index (χ4v) is 3.67. The van der Waals surface area contributed by atoms with Gasteiger partial charge in [-0.3, -0.25) is 0 Å². The molecule has 3 N–H and O–H groups in total. The van der Waals surface area contributed by atoms with Gasteiger partial charge in [-0.1, -0.05) is 12.1 Å². The number of nitrogens with one attached hydrogen (secondary N) is 2. The number of nitrogens with zero attached hydrogens (tertiary/aromatic N) is 3. The monoisotopic (exact) mass is 375 g/mol. The number of imidazole rings is 1. The van der Waals surface area contributed by atoms with E-state index in [0.29, 0.717) is 5.95 Å². The maximum absolute atomic E-state index is 9.70. The first-order valence-corrected chi connectivity index (χ1v) is 9.55. The highest BCUT2D eigenvalue weighted by atomic mass is 16.5. The highest BCUT2D eigenvalue weighted by molar-refractivity contribution is 5.85. The number of aromatic nitrogens is 4. The van der Waals surface area contributed by atoms with Gasteiger partial charge in [-0.05, 0) is 49.9 Å². The lowest BCUT2D eigenvalue weighted by atomic mass is 9.95. The second-order valence-corrected chi connectivity index (χ2v) is 7.20. The van der Waals surface area contributed by atoms with E-state index in [-0.39, 0.29) is 12.2 Å². The molecule has 7 heteroatoms. The number of benzene rings is 2. The van der Waals surface area contributed by atoms with Gasteiger partial charge in [0.15, 0.2) is 0 Å². The summed E-state index contributed by atoms with van der Waals surface area (Å²) in [5, 5.41) is 13.9. The van der Waals surface area contributed by atoms with Crippen molar-refractivity contribution in [3.05, 3.63) is 48.9 Å². The predicted octanol–water partition coefficient (Wildman–Crippen LogP) is 3.93. The van der Waals surface area contributed by atoms with Gasteiger partial charge in [0, 0.05) is 17.3 Å². The number of aliphatic hydroxyl groups excluding tert-OH is 1. The van der Waals surface area contributed by atoms with Crippen molar-refractivity contribution in [1.29, 1.82) is 0 Å². The average molecular weight is 375 g/mol. The SMILES string of the molecule is O[C@H]1CC[C@@H](Oc2cccc3cnc(Nc4ccc5nc[nH]c5c4)nc23)CC1. The van der Waals surface area contributed by atoms with Crippen LogP contribution in [0.15, 0.2) is 48.9 Å². The molecule has 2 aromatic heterocycles. The molecule has 1 saturated carbocycles. The fraction of sp³-hybridized carbons (Fsp3) is 0.286. The van der Waals surface area contributed by atoms with Crippen LogP contribution in [-0.4, -0.2) is 37.3 Å². The van der Waals surface area contributed by atoms with E-state index >= 15 is 0 Å². The van der Waals surface area contributed by atoms with E-state index in [2.05, 4.69) is 20.3 Å². The third-order valence-corrected chi connectivity index (χ3v) is 5.19. The van der Waals surface area contributed by atoms with E-state index in [0.717, 1.165) is 59.1 Å². The summed E-state index contributed by atoms with van der Waals surface area (Å²) in [6.07, 6.45) is 6.68. The highest BCUT2D eigenvalue weighted by Crippen LogP contribution is 2.29. The number of para-hydroxylation sites is 1. The molecule has 7 nitrogen and oxygen atoms in total. The Kier molecular flexibility index (Phi) is 4.29. The van der Waals surface area contributed by atoms with Crippen molar-refractivity contribution in [3.8, 4) is 5.75 Å². The van der Waals surface area contributed by atoms with Crippen LogP contribution in [0.4, 0.5) is 11.6 Å². The van der Waals surface area contributed by atoms with Crippen molar-refractivity contribution >= 4 is 33.6 Å². The normalized spacial score (nSPS) is 19.8. The molecular formula is C21H21N5O2. The van der Waals surface area contributed by atoms with Gasteiger partial charge in [0.1, 0.15) is 11.3 Å². The van der Waals surface area contributed by atoms with E-state index < -0.39 is 0 Å². The van der Waals surface area contributed by atoms with Crippen LogP contribution in [0.1, 0.15) is 25.7 Å². The van der Waals surface area contributed by atoms with E-state index in [1.165, 1.54) is 0 Å². The fourth-order valence-electron chi connectivity index (χ4n) is 3.67. The van der Waals surface area contributed by atoms with Gasteiger partial charge < -0.3 is 20.1 Å². The molecule has 5 rings (SSSR count). The summed E-state index contributed by atoms with van der Waals surface area (Å²) < 4.78 is 6.23. The lowest BCUT2D eigenvalue weighted by Gasteiger charge is -2.26. The molecule has 0 unspecified atom stereocenters. The maximum atomic E-state index is 9.70. The summed E-state index contributed by atoms with van der Waals surface area (Å²) in [5.74, 6) is 1.27. The molecule has 0 spiro atoms. The molecule has 0 aliphatic heterocycles. The van der Waals surface area contributed by atoms with Crippen LogP contribution in [0.3, 0.4) is 0 Å². The lowest BCUT2D eigenvalue weighted by molar-refractivity contribution is 0.0672. The van der Waals surface area contributed by atoms with Crippen molar-refractivity contribution in [3.63, 3.8) is 0 Å². The van der Waals surface area contributed by atoms with Crippen LogP contribution < -0.4 is 10.1 Å². The number of ether oxygens (including phenoxy) is 1. The minimum atomic E-state index is -0.197. The van der Waals surface area contributed by atoms with Gasteiger partial charge in [-0.2, -0.15) is 0 Å². The lowest BCUT2D eigenvalue weighted by Crippen LogP contribution is -2.26. The van der Waals surface area contributed by atoms with Crippen LogP contribution in [0.5, 0.6) is 5.75 Å². The first-order valence-electron chi connectivity index (χ1n) is 9.55. The summed E-state index contributed by atoms with van der Waals surface area (Å²) in [4.78, 5) is 16.5. The molecule has 0 bridgehead atoms. The van der Waals surface area contributed by atoms with Gasteiger partial charge in [0.05, 0.1) is 29.6 Å². The third-order valence-electron chi connectivity index (χ3n) is 5.19. The molecule has 1 aliphatic rings. The Morgan fingerprint density at radius 3 is 2.86 bits per heavy atom. The first-order chi connectivity index (χ1) is 13.7. The molecule has 1 aliphatic carbocycles. The van der Waals surface area contributed by atoms with Crippen LogP contribution in [0, 0.1) is 0 Å². The van der Waals surface area contributed by atoms with E-state index in [4.69, 9.17) is 9.72 Å². The summed E-state index contributed by atoms with van der Waals surface area (Å²) in [6.45, 7) is 0. The largest absolute Gasteiger partial charge is 0.488 e. The van der Waals surface area contributed by atoms with Crippen LogP contribution >= 0.6 is 0 Å². The molecule has 1 fully saturated rings. The Bertz CT molecular complexity index is 1120. The Labute approximate surface area is 161 Å². The molecule has 28 heavy (non-hydrogen) atoms. The van der Waals surface area contributed by atoms with Crippen molar-refractivity contribution < 1.29 is 9.84 Å². The average Bonchev–Trinajstić information content (AvgIpc) is 3.18. The van der Waals surface area contributed by atoms with Gasteiger partial charge >= 0.3 is 0 Å². The van der Waals surface area contributed by atoms with Crippen LogP contribution in [0.25, 0.3) is 21.9 Å². The van der Waals surface area contributed by atoms with Crippen molar-refractivity contribution in [2.45, 2.75) is 37.9 Å². The van der Waals surface area contributed by atoms with Crippen molar-refractivity contribution in [1.82, 2.24) is 19.9 Å². The first kappa shape index (κ1) is 16.9. The molecule has 0 amide bonds. The van der Waals surface area contributed by atoms with Gasteiger partial charge in [0.2, 0.25) is 5.95 Å².